The summed E-state index contributed by atoms with van der Waals surface area (Å²) in [5.41, 5.74) is 1.14. The minimum atomic E-state index is 0.0905. The lowest BCUT2D eigenvalue weighted by atomic mass is 10.1. The Morgan fingerprint density at radius 3 is 2.58 bits per heavy atom. The van der Waals surface area contributed by atoms with Crippen molar-refractivity contribution in [3.63, 3.8) is 0 Å². The predicted octanol–water partition coefficient (Wildman–Crippen LogP) is 3.05. The Morgan fingerprint density at radius 1 is 1.32 bits per heavy atom. The van der Waals surface area contributed by atoms with Crippen LogP contribution in [0.1, 0.15) is 44.2 Å². The lowest BCUT2D eigenvalue weighted by molar-refractivity contribution is -0.121. The molecule has 0 saturated heterocycles. The molecule has 1 aromatic rings. The lowest BCUT2D eigenvalue weighted by Gasteiger charge is -2.16. The second-order valence-corrected chi connectivity index (χ2v) is 5.64. The summed E-state index contributed by atoms with van der Waals surface area (Å²) in [7, 11) is 0. The topological polar surface area (TPSA) is 41.1 Å². The molecule has 1 unspecified atom stereocenters. The molecule has 0 spiro atoms. The highest BCUT2D eigenvalue weighted by Gasteiger charge is 2.17. The van der Waals surface area contributed by atoms with Crippen LogP contribution in [-0.4, -0.2) is 18.5 Å². The maximum Gasteiger partial charge on any atom is 0.234 e. The molecule has 0 radical (unpaired) electrons. The third kappa shape index (κ3) is 4.51. The van der Waals surface area contributed by atoms with Gasteiger partial charge in [0.15, 0.2) is 0 Å². The molecule has 0 heterocycles. The normalized spacial score (nSPS) is 17.4. The van der Waals surface area contributed by atoms with E-state index in [-0.39, 0.29) is 11.9 Å². The van der Waals surface area contributed by atoms with Gasteiger partial charge in [-0.15, -0.1) is 0 Å². The van der Waals surface area contributed by atoms with Crippen LogP contribution in [0.2, 0.25) is 5.02 Å². The lowest BCUT2D eigenvalue weighted by Crippen LogP contribution is -2.39. The zero-order chi connectivity index (χ0) is 13.7. The summed E-state index contributed by atoms with van der Waals surface area (Å²) < 4.78 is 0. The summed E-state index contributed by atoms with van der Waals surface area (Å²) in [6.07, 6.45) is 4.72. The number of halogens is 1. The molecule has 1 aliphatic carbocycles. The van der Waals surface area contributed by atoms with Crippen LogP contribution in [0.5, 0.6) is 0 Å². The van der Waals surface area contributed by atoms with E-state index in [0.29, 0.717) is 12.6 Å². The fourth-order valence-electron chi connectivity index (χ4n) is 2.46. The fourth-order valence-corrected chi connectivity index (χ4v) is 2.59. The first kappa shape index (κ1) is 14.4. The predicted molar refractivity (Wildman–Crippen MR) is 78.3 cm³/mol. The molecule has 0 aromatic heterocycles. The third-order valence-corrected chi connectivity index (χ3v) is 3.91. The van der Waals surface area contributed by atoms with Crippen molar-refractivity contribution in [1.29, 1.82) is 0 Å². The van der Waals surface area contributed by atoms with Gasteiger partial charge in [0.1, 0.15) is 0 Å². The van der Waals surface area contributed by atoms with Crippen LogP contribution in [0.25, 0.3) is 0 Å². The first-order valence-corrected chi connectivity index (χ1v) is 7.31. The Balaban J connectivity index is 1.74. The van der Waals surface area contributed by atoms with Crippen LogP contribution in [0, 0.1) is 0 Å². The fraction of sp³-hybridized carbons (Fsp3) is 0.533. The van der Waals surface area contributed by atoms with Gasteiger partial charge in [0, 0.05) is 17.1 Å². The number of benzene rings is 1. The van der Waals surface area contributed by atoms with Crippen molar-refractivity contribution in [1.82, 2.24) is 10.6 Å². The molecule has 104 valence electrons. The SMILES string of the molecule is CC(NCC(=O)NC1CCCC1)c1ccc(Cl)cc1. The summed E-state index contributed by atoms with van der Waals surface area (Å²) in [5, 5.41) is 7.04. The Labute approximate surface area is 119 Å². The van der Waals surface area contributed by atoms with Crippen molar-refractivity contribution in [2.45, 2.75) is 44.7 Å². The third-order valence-electron chi connectivity index (χ3n) is 3.66. The van der Waals surface area contributed by atoms with Crippen molar-refractivity contribution in [3.8, 4) is 0 Å². The molecule has 19 heavy (non-hydrogen) atoms. The molecule has 1 atom stereocenters. The van der Waals surface area contributed by atoms with Gasteiger partial charge in [0.2, 0.25) is 5.91 Å². The van der Waals surface area contributed by atoms with E-state index in [4.69, 9.17) is 11.6 Å². The molecule has 4 heteroatoms. The number of rotatable bonds is 5. The molecule has 1 aromatic carbocycles. The van der Waals surface area contributed by atoms with E-state index in [1.807, 2.05) is 31.2 Å². The number of carbonyl (C=O) groups excluding carboxylic acids is 1. The Bertz CT molecular complexity index is 413. The van der Waals surface area contributed by atoms with Crippen LogP contribution in [0.15, 0.2) is 24.3 Å². The molecule has 0 bridgehead atoms. The van der Waals surface area contributed by atoms with E-state index in [1.54, 1.807) is 0 Å². The largest absolute Gasteiger partial charge is 0.352 e. The molecule has 2 N–H and O–H groups in total. The van der Waals surface area contributed by atoms with Gasteiger partial charge in [-0.3, -0.25) is 4.79 Å². The molecule has 1 aliphatic rings. The number of hydrogen-bond donors (Lipinski definition) is 2. The Hall–Kier alpha value is -1.06. The molecule has 2 rings (SSSR count). The second-order valence-electron chi connectivity index (χ2n) is 5.20. The van der Waals surface area contributed by atoms with Gasteiger partial charge in [0.05, 0.1) is 6.54 Å². The van der Waals surface area contributed by atoms with Crippen LogP contribution in [-0.2, 0) is 4.79 Å². The van der Waals surface area contributed by atoms with Gasteiger partial charge in [0.25, 0.3) is 0 Å². The van der Waals surface area contributed by atoms with Gasteiger partial charge in [-0.1, -0.05) is 36.6 Å². The number of nitrogens with one attached hydrogen (secondary N) is 2. The minimum absolute atomic E-state index is 0.0905. The standard InChI is InChI=1S/C15H21ClN2O/c1-11(12-6-8-13(16)9-7-12)17-10-15(19)18-14-4-2-3-5-14/h6-9,11,14,17H,2-5,10H2,1H3,(H,18,19). The molecular weight excluding hydrogens is 260 g/mol. The van der Waals surface area contributed by atoms with E-state index < -0.39 is 0 Å². The summed E-state index contributed by atoms with van der Waals surface area (Å²) in [6, 6.07) is 8.23. The molecule has 1 saturated carbocycles. The summed E-state index contributed by atoms with van der Waals surface area (Å²) in [6.45, 7) is 2.41. The van der Waals surface area contributed by atoms with Gasteiger partial charge < -0.3 is 10.6 Å². The van der Waals surface area contributed by atoms with Crippen molar-refractivity contribution in [2.75, 3.05) is 6.54 Å². The van der Waals surface area contributed by atoms with E-state index >= 15 is 0 Å². The summed E-state index contributed by atoms with van der Waals surface area (Å²) >= 11 is 5.85. The summed E-state index contributed by atoms with van der Waals surface area (Å²) in [4.78, 5) is 11.8. The van der Waals surface area contributed by atoms with E-state index in [9.17, 15) is 4.79 Å². The van der Waals surface area contributed by atoms with E-state index in [1.165, 1.54) is 12.8 Å². The first-order chi connectivity index (χ1) is 9.15. The molecular formula is C15H21ClN2O. The smallest absolute Gasteiger partial charge is 0.234 e. The molecule has 3 nitrogen and oxygen atoms in total. The van der Waals surface area contributed by atoms with E-state index in [2.05, 4.69) is 10.6 Å². The van der Waals surface area contributed by atoms with Crippen LogP contribution < -0.4 is 10.6 Å². The molecule has 0 aliphatic heterocycles. The zero-order valence-electron chi connectivity index (χ0n) is 11.3. The molecule has 1 amide bonds. The van der Waals surface area contributed by atoms with Crippen molar-refractivity contribution in [2.24, 2.45) is 0 Å². The number of carbonyl (C=O) groups is 1. The maximum atomic E-state index is 11.8. The van der Waals surface area contributed by atoms with Gasteiger partial charge in [-0.2, -0.15) is 0 Å². The molecule has 1 fully saturated rings. The number of hydrogen-bond acceptors (Lipinski definition) is 2. The highest BCUT2D eigenvalue weighted by atomic mass is 35.5. The van der Waals surface area contributed by atoms with E-state index in [0.717, 1.165) is 23.4 Å². The van der Waals surface area contributed by atoms with Crippen molar-refractivity contribution < 1.29 is 4.79 Å². The van der Waals surface area contributed by atoms with Gasteiger partial charge >= 0.3 is 0 Å². The number of amides is 1. The maximum absolute atomic E-state index is 11.8. The van der Waals surface area contributed by atoms with Crippen molar-refractivity contribution >= 4 is 17.5 Å². The minimum Gasteiger partial charge on any atom is -0.352 e. The van der Waals surface area contributed by atoms with Gasteiger partial charge in [-0.25, -0.2) is 0 Å². The van der Waals surface area contributed by atoms with Gasteiger partial charge in [-0.05, 0) is 37.5 Å². The first-order valence-electron chi connectivity index (χ1n) is 6.93. The highest BCUT2D eigenvalue weighted by Crippen LogP contribution is 2.18. The van der Waals surface area contributed by atoms with Crippen LogP contribution in [0.4, 0.5) is 0 Å². The average Bonchev–Trinajstić information content (AvgIpc) is 2.89. The van der Waals surface area contributed by atoms with Crippen molar-refractivity contribution in [3.05, 3.63) is 34.9 Å². The Kier molecular flexibility index (Phi) is 5.23. The highest BCUT2D eigenvalue weighted by molar-refractivity contribution is 6.30. The zero-order valence-corrected chi connectivity index (χ0v) is 12.0. The van der Waals surface area contributed by atoms with Crippen LogP contribution in [0.3, 0.4) is 0 Å². The van der Waals surface area contributed by atoms with Crippen LogP contribution >= 0.6 is 11.6 Å². The quantitative estimate of drug-likeness (QED) is 0.870. The Morgan fingerprint density at radius 2 is 1.95 bits per heavy atom. The summed E-state index contributed by atoms with van der Waals surface area (Å²) in [5.74, 6) is 0.0905. The average molecular weight is 281 g/mol. The monoisotopic (exact) mass is 280 g/mol. The second kappa shape index (κ2) is 6.92.